The molecule has 0 bridgehead atoms. The van der Waals surface area contributed by atoms with Crippen molar-refractivity contribution in [3.8, 4) is 0 Å². The van der Waals surface area contributed by atoms with Gasteiger partial charge in [-0.25, -0.2) is 0 Å². The summed E-state index contributed by atoms with van der Waals surface area (Å²) in [7, 11) is 0. The molecule has 0 spiro atoms. The van der Waals surface area contributed by atoms with Gasteiger partial charge < -0.3 is 4.90 Å². The molecule has 1 aliphatic rings. The van der Waals surface area contributed by atoms with Crippen LogP contribution in [0, 0.1) is 0 Å². The van der Waals surface area contributed by atoms with Gasteiger partial charge in [-0.2, -0.15) is 0 Å². The quantitative estimate of drug-likeness (QED) is 0.716. The largest absolute Gasteiger partial charge is 0.303 e. The summed E-state index contributed by atoms with van der Waals surface area (Å²) in [4.78, 5) is 14.7. The molecule has 1 aliphatic heterocycles. The first-order valence-corrected chi connectivity index (χ1v) is 5.67. The Labute approximate surface area is 91.8 Å². The van der Waals surface area contributed by atoms with E-state index in [0.29, 0.717) is 6.54 Å². The lowest BCUT2D eigenvalue weighted by Gasteiger charge is -2.15. The van der Waals surface area contributed by atoms with E-state index in [0.717, 1.165) is 16.1 Å². The highest BCUT2D eigenvalue weighted by molar-refractivity contribution is 7.12. The number of nitrogens with zero attached hydrogens (tertiary/aromatic N) is 1. The van der Waals surface area contributed by atoms with Gasteiger partial charge in [0.05, 0.1) is 11.4 Å². The molecule has 2 heterocycles. The van der Waals surface area contributed by atoms with E-state index in [-0.39, 0.29) is 5.91 Å². The smallest absolute Gasteiger partial charge is 0.269 e. The summed E-state index contributed by atoms with van der Waals surface area (Å²) in [6.45, 7) is 0.710. The van der Waals surface area contributed by atoms with E-state index in [1.165, 1.54) is 11.3 Å². The molecule has 0 aliphatic carbocycles. The van der Waals surface area contributed by atoms with Crippen LogP contribution in [-0.4, -0.2) is 5.91 Å². The second-order valence-electron chi connectivity index (χ2n) is 3.50. The van der Waals surface area contributed by atoms with Crippen molar-refractivity contribution in [2.24, 2.45) is 0 Å². The third kappa shape index (κ3) is 1.27. The topological polar surface area (TPSA) is 20.3 Å². The second-order valence-corrected chi connectivity index (χ2v) is 4.42. The van der Waals surface area contributed by atoms with Gasteiger partial charge in [-0.3, -0.25) is 4.79 Å². The first kappa shape index (κ1) is 8.68. The van der Waals surface area contributed by atoms with E-state index in [1.807, 2.05) is 46.7 Å². The van der Waals surface area contributed by atoms with Gasteiger partial charge in [0.1, 0.15) is 0 Å². The van der Waals surface area contributed by atoms with Crippen LogP contribution in [0.15, 0.2) is 41.8 Å². The van der Waals surface area contributed by atoms with Crippen LogP contribution in [0.1, 0.15) is 15.2 Å². The van der Waals surface area contributed by atoms with Crippen LogP contribution in [0.2, 0.25) is 0 Å². The number of carbonyl (C=O) groups is 1. The lowest BCUT2D eigenvalue weighted by Crippen LogP contribution is -2.22. The summed E-state index contributed by atoms with van der Waals surface area (Å²) in [6, 6.07) is 11.8. The Hall–Kier alpha value is -1.61. The van der Waals surface area contributed by atoms with Crippen molar-refractivity contribution in [2.45, 2.75) is 6.54 Å². The molecule has 0 atom stereocenters. The number of thiophene rings is 1. The van der Waals surface area contributed by atoms with Crippen molar-refractivity contribution >= 4 is 22.9 Å². The molecule has 0 radical (unpaired) electrons. The van der Waals surface area contributed by atoms with E-state index in [4.69, 9.17) is 0 Å². The van der Waals surface area contributed by atoms with Gasteiger partial charge in [-0.15, -0.1) is 11.3 Å². The number of hydrogen-bond acceptors (Lipinski definition) is 2. The molecule has 74 valence electrons. The predicted molar refractivity (Wildman–Crippen MR) is 61.3 cm³/mol. The van der Waals surface area contributed by atoms with Gasteiger partial charge in [0, 0.05) is 5.69 Å². The zero-order chi connectivity index (χ0) is 10.3. The van der Waals surface area contributed by atoms with Crippen LogP contribution in [0.4, 0.5) is 5.69 Å². The van der Waals surface area contributed by atoms with Crippen LogP contribution >= 0.6 is 11.3 Å². The molecule has 0 saturated heterocycles. The Morgan fingerprint density at radius 1 is 1.13 bits per heavy atom. The Morgan fingerprint density at radius 3 is 2.67 bits per heavy atom. The minimum absolute atomic E-state index is 0.131. The van der Waals surface area contributed by atoms with Crippen LogP contribution in [0.25, 0.3) is 0 Å². The second kappa shape index (κ2) is 3.21. The Balaban J connectivity index is 2.00. The van der Waals surface area contributed by atoms with Crippen molar-refractivity contribution in [1.29, 1.82) is 0 Å². The van der Waals surface area contributed by atoms with Crippen molar-refractivity contribution in [1.82, 2.24) is 0 Å². The standard InChI is InChI=1S/C12H9NOS/c14-12-11-9(6-7-15-11)8-13(12)10-4-2-1-3-5-10/h1-7H,8H2. The molecule has 15 heavy (non-hydrogen) atoms. The summed E-state index contributed by atoms with van der Waals surface area (Å²) < 4.78 is 0. The zero-order valence-electron chi connectivity index (χ0n) is 8.01. The number of hydrogen-bond donors (Lipinski definition) is 0. The van der Waals surface area contributed by atoms with Crippen LogP contribution < -0.4 is 4.90 Å². The van der Waals surface area contributed by atoms with Gasteiger partial charge in [-0.05, 0) is 29.1 Å². The first-order valence-electron chi connectivity index (χ1n) is 4.79. The summed E-state index contributed by atoms with van der Waals surface area (Å²) in [5, 5.41) is 1.98. The maximum atomic E-state index is 12.0. The van der Waals surface area contributed by atoms with Gasteiger partial charge in [-0.1, -0.05) is 18.2 Å². The van der Waals surface area contributed by atoms with Crippen molar-refractivity contribution in [2.75, 3.05) is 4.90 Å². The molecule has 0 N–H and O–H groups in total. The molecule has 1 amide bonds. The number of carbonyl (C=O) groups excluding carboxylic acids is 1. The van der Waals surface area contributed by atoms with Gasteiger partial charge in [0.15, 0.2) is 0 Å². The molecule has 0 fully saturated rings. The van der Waals surface area contributed by atoms with E-state index in [2.05, 4.69) is 0 Å². The maximum absolute atomic E-state index is 12.0. The Bertz CT molecular complexity index is 503. The summed E-state index contributed by atoms with van der Waals surface area (Å²) >= 11 is 1.53. The molecule has 3 rings (SSSR count). The minimum Gasteiger partial charge on any atom is -0.303 e. The van der Waals surface area contributed by atoms with E-state index >= 15 is 0 Å². The molecule has 2 nitrogen and oxygen atoms in total. The highest BCUT2D eigenvalue weighted by atomic mass is 32.1. The number of anilines is 1. The van der Waals surface area contributed by atoms with E-state index in [1.54, 1.807) is 0 Å². The third-order valence-electron chi connectivity index (χ3n) is 2.58. The summed E-state index contributed by atoms with van der Waals surface area (Å²) in [5.41, 5.74) is 2.12. The highest BCUT2D eigenvalue weighted by Crippen LogP contribution is 2.31. The molecule has 0 unspecified atom stereocenters. The zero-order valence-corrected chi connectivity index (χ0v) is 8.83. The summed E-state index contributed by atoms with van der Waals surface area (Å²) in [5.74, 6) is 0.131. The van der Waals surface area contributed by atoms with Crippen LogP contribution in [-0.2, 0) is 6.54 Å². The van der Waals surface area contributed by atoms with Crippen LogP contribution in [0.5, 0.6) is 0 Å². The molecule has 2 aromatic rings. The van der Waals surface area contributed by atoms with Crippen molar-refractivity contribution < 1.29 is 4.79 Å². The Morgan fingerprint density at radius 2 is 1.93 bits per heavy atom. The summed E-state index contributed by atoms with van der Waals surface area (Å²) in [6.07, 6.45) is 0. The fraction of sp³-hybridized carbons (Fsp3) is 0.0833. The Kier molecular flexibility index (Phi) is 1.86. The van der Waals surface area contributed by atoms with Crippen molar-refractivity contribution in [3.05, 3.63) is 52.2 Å². The SMILES string of the molecule is O=C1c2sccc2CN1c1ccccc1. The van der Waals surface area contributed by atoms with Gasteiger partial charge in [0.25, 0.3) is 5.91 Å². The lowest BCUT2D eigenvalue weighted by atomic mass is 10.3. The lowest BCUT2D eigenvalue weighted by molar-refractivity contribution is 0.1000. The number of benzene rings is 1. The molecule has 1 aromatic heterocycles. The fourth-order valence-corrected chi connectivity index (χ4v) is 2.69. The number of fused-ring (bicyclic) bond motifs is 1. The number of amides is 1. The van der Waals surface area contributed by atoms with Crippen molar-refractivity contribution in [3.63, 3.8) is 0 Å². The van der Waals surface area contributed by atoms with E-state index < -0.39 is 0 Å². The predicted octanol–water partition coefficient (Wildman–Crippen LogP) is 2.91. The minimum atomic E-state index is 0.131. The monoisotopic (exact) mass is 215 g/mol. The third-order valence-corrected chi connectivity index (χ3v) is 3.53. The molecular formula is C12H9NOS. The maximum Gasteiger partial charge on any atom is 0.269 e. The van der Waals surface area contributed by atoms with E-state index in [9.17, 15) is 4.79 Å². The normalized spacial score (nSPS) is 14.4. The van der Waals surface area contributed by atoms with Gasteiger partial charge >= 0.3 is 0 Å². The number of para-hydroxylation sites is 1. The molecular weight excluding hydrogens is 206 g/mol. The number of rotatable bonds is 1. The average molecular weight is 215 g/mol. The fourth-order valence-electron chi connectivity index (χ4n) is 1.83. The van der Waals surface area contributed by atoms with Crippen LogP contribution in [0.3, 0.4) is 0 Å². The average Bonchev–Trinajstić information content (AvgIpc) is 2.83. The highest BCUT2D eigenvalue weighted by Gasteiger charge is 2.29. The van der Waals surface area contributed by atoms with Gasteiger partial charge in [0.2, 0.25) is 0 Å². The molecule has 3 heteroatoms. The molecule has 0 saturated carbocycles. The first-order chi connectivity index (χ1) is 7.36. The molecule has 1 aromatic carbocycles.